The average molecular weight is 421 g/mol. The Labute approximate surface area is 185 Å². The summed E-state index contributed by atoms with van der Waals surface area (Å²) in [6.07, 6.45) is 5.55. The SMILES string of the molecule is CCc1ccc(/C2=C(\N3CNC3)CCCC(C)C(CCc3cccc(F)c3)C2=O)cc1. The van der Waals surface area contributed by atoms with Crippen LogP contribution in [0.15, 0.2) is 54.2 Å². The number of benzene rings is 2. The van der Waals surface area contributed by atoms with Gasteiger partial charge in [0, 0.05) is 17.2 Å². The Morgan fingerprint density at radius 1 is 1.10 bits per heavy atom. The third-order valence-electron chi connectivity index (χ3n) is 6.90. The summed E-state index contributed by atoms with van der Waals surface area (Å²) in [4.78, 5) is 16.3. The number of Topliss-reactive ketones (excluding diaryl/α,β-unsaturated/α-hetero) is 1. The quantitative estimate of drug-likeness (QED) is 0.664. The third-order valence-corrected chi connectivity index (χ3v) is 6.90. The van der Waals surface area contributed by atoms with E-state index in [4.69, 9.17) is 0 Å². The van der Waals surface area contributed by atoms with Gasteiger partial charge in [0.05, 0.1) is 13.3 Å². The molecule has 2 atom stereocenters. The lowest BCUT2D eigenvalue weighted by Gasteiger charge is -2.39. The first kappa shape index (κ1) is 21.8. The minimum Gasteiger partial charge on any atom is -0.349 e. The molecule has 2 aliphatic rings. The fraction of sp³-hybridized carbons (Fsp3) is 0.444. The zero-order valence-corrected chi connectivity index (χ0v) is 18.7. The molecule has 2 aromatic carbocycles. The lowest BCUT2D eigenvalue weighted by Crippen LogP contribution is -2.51. The van der Waals surface area contributed by atoms with E-state index in [-0.39, 0.29) is 17.5 Å². The standard InChI is InChI=1S/C27H33FN2O/c1-3-20-10-13-22(14-11-20)26-25(30-17-29-18-30)9-4-6-19(2)24(27(26)31)15-12-21-7-5-8-23(28)16-21/h5,7-8,10-11,13-14,16,19,24,29H,3-4,6,9,12,15,17-18H2,1-2H3/b26-25+. The van der Waals surface area contributed by atoms with Gasteiger partial charge in [-0.25, -0.2) is 4.39 Å². The second-order valence-corrected chi connectivity index (χ2v) is 8.99. The molecule has 1 aliphatic heterocycles. The van der Waals surface area contributed by atoms with Crippen molar-refractivity contribution in [2.45, 2.75) is 52.4 Å². The molecule has 1 aliphatic carbocycles. The minimum atomic E-state index is -0.210. The monoisotopic (exact) mass is 420 g/mol. The number of halogens is 1. The van der Waals surface area contributed by atoms with E-state index in [1.807, 2.05) is 6.07 Å². The lowest BCUT2D eigenvalue weighted by atomic mass is 9.76. The van der Waals surface area contributed by atoms with Crippen LogP contribution in [-0.2, 0) is 17.6 Å². The van der Waals surface area contributed by atoms with E-state index in [9.17, 15) is 9.18 Å². The normalized spacial score (nSPS) is 24.5. The number of nitrogens with zero attached hydrogens (tertiary/aromatic N) is 1. The molecule has 1 heterocycles. The largest absolute Gasteiger partial charge is 0.349 e. The summed E-state index contributed by atoms with van der Waals surface area (Å²) in [6.45, 7) is 5.98. The van der Waals surface area contributed by atoms with Crippen molar-refractivity contribution < 1.29 is 9.18 Å². The summed E-state index contributed by atoms with van der Waals surface area (Å²) < 4.78 is 13.6. The Hall–Kier alpha value is -2.46. The van der Waals surface area contributed by atoms with Crippen molar-refractivity contribution in [1.29, 1.82) is 0 Å². The molecular formula is C27H33FN2O. The first-order valence-electron chi connectivity index (χ1n) is 11.6. The number of hydrogen-bond acceptors (Lipinski definition) is 3. The smallest absolute Gasteiger partial charge is 0.168 e. The van der Waals surface area contributed by atoms with E-state index in [1.54, 1.807) is 12.1 Å². The predicted octanol–water partition coefficient (Wildman–Crippen LogP) is 5.56. The molecule has 4 heteroatoms. The number of allylic oxidation sites excluding steroid dienone is 2. The third kappa shape index (κ3) is 4.90. The number of ketones is 1. The molecule has 2 aromatic rings. The molecule has 0 bridgehead atoms. The first-order valence-corrected chi connectivity index (χ1v) is 11.6. The molecule has 164 valence electrons. The van der Waals surface area contributed by atoms with Crippen LogP contribution in [0.1, 0.15) is 56.2 Å². The highest BCUT2D eigenvalue weighted by atomic mass is 19.1. The maximum atomic E-state index is 14.0. The summed E-state index contributed by atoms with van der Waals surface area (Å²) in [7, 11) is 0. The van der Waals surface area contributed by atoms with E-state index in [0.29, 0.717) is 5.92 Å². The highest BCUT2D eigenvalue weighted by Crippen LogP contribution is 2.37. The van der Waals surface area contributed by atoms with Crippen molar-refractivity contribution in [2.75, 3.05) is 13.3 Å². The van der Waals surface area contributed by atoms with Crippen molar-refractivity contribution in [2.24, 2.45) is 11.8 Å². The van der Waals surface area contributed by atoms with Crippen LogP contribution in [0.5, 0.6) is 0 Å². The highest BCUT2D eigenvalue weighted by Gasteiger charge is 2.34. The molecule has 31 heavy (non-hydrogen) atoms. The molecule has 0 amide bonds. The van der Waals surface area contributed by atoms with Crippen molar-refractivity contribution >= 4 is 11.4 Å². The molecule has 1 saturated heterocycles. The predicted molar refractivity (Wildman–Crippen MR) is 124 cm³/mol. The summed E-state index contributed by atoms with van der Waals surface area (Å²) in [5.41, 5.74) is 5.38. The maximum absolute atomic E-state index is 14.0. The van der Waals surface area contributed by atoms with Gasteiger partial charge in [-0.15, -0.1) is 0 Å². The van der Waals surface area contributed by atoms with E-state index in [2.05, 4.69) is 48.3 Å². The second kappa shape index (κ2) is 9.78. The van der Waals surface area contributed by atoms with Gasteiger partial charge in [0.2, 0.25) is 0 Å². The van der Waals surface area contributed by atoms with Crippen LogP contribution < -0.4 is 5.32 Å². The van der Waals surface area contributed by atoms with Crippen LogP contribution in [0.4, 0.5) is 4.39 Å². The Bertz CT molecular complexity index is 946. The molecule has 0 spiro atoms. The average Bonchev–Trinajstić information content (AvgIpc) is 2.72. The van der Waals surface area contributed by atoms with Crippen molar-refractivity contribution in [1.82, 2.24) is 10.2 Å². The topological polar surface area (TPSA) is 32.3 Å². The molecule has 0 radical (unpaired) electrons. The van der Waals surface area contributed by atoms with Crippen molar-refractivity contribution in [3.63, 3.8) is 0 Å². The van der Waals surface area contributed by atoms with Gasteiger partial charge in [0.1, 0.15) is 5.82 Å². The molecule has 1 N–H and O–H groups in total. The van der Waals surface area contributed by atoms with Crippen LogP contribution in [0, 0.1) is 17.7 Å². The Kier molecular flexibility index (Phi) is 6.86. The zero-order valence-electron chi connectivity index (χ0n) is 18.7. The highest BCUT2D eigenvalue weighted by molar-refractivity contribution is 6.22. The van der Waals surface area contributed by atoms with Gasteiger partial charge < -0.3 is 4.90 Å². The van der Waals surface area contributed by atoms with E-state index in [1.165, 1.54) is 17.3 Å². The fourth-order valence-electron chi connectivity index (χ4n) is 4.88. The fourth-order valence-corrected chi connectivity index (χ4v) is 4.88. The zero-order chi connectivity index (χ0) is 21.8. The van der Waals surface area contributed by atoms with Gasteiger partial charge in [-0.1, -0.05) is 50.2 Å². The number of carbonyl (C=O) groups excluding carboxylic acids is 1. The molecule has 3 nitrogen and oxygen atoms in total. The Morgan fingerprint density at radius 3 is 2.52 bits per heavy atom. The van der Waals surface area contributed by atoms with Crippen molar-refractivity contribution in [3.05, 3.63) is 76.7 Å². The van der Waals surface area contributed by atoms with Crippen LogP contribution >= 0.6 is 0 Å². The second-order valence-electron chi connectivity index (χ2n) is 8.99. The number of hydrogen-bond donors (Lipinski definition) is 1. The van der Waals surface area contributed by atoms with Crippen LogP contribution in [-0.4, -0.2) is 24.0 Å². The van der Waals surface area contributed by atoms with Gasteiger partial charge in [-0.05, 0) is 73.3 Å². The van der Waals surface area contributed by atoms with Crippen LogP contribution in [0.25, 0.3) is 5.57 Å². The summed E-state index contributed by atoms with van der Waals surface area (Å²) >= 11 is 0. The van der Waals surface area contributed by atoms with Gasteiger partial charge in [-0.3, -0.25) is 10.1 Å². The van der Waals surface area contributed by atoms with E-state index < -0.39 is 0 Å². The number of rotatable bonds is 6. The summed E-state index contributed by atoms with van der Waals surface area (Å²) in [6, 6.07) is 15.3. The van der Waals surface area contributed by atoms with Gasteiger partial charge in [-0.2, -0.15) is 0 Å². The maximum Gasteiger partial charge on any atom is 0.168 e. The summed E-state index contributed by atoms with van der Waals surface area (Å²) in [5.74, 6) is 0.323. The first-order chi connectivity index (χ1) is 15.1. The van der Waals surface area contributed by atoms with Gasteiger partial charge in [0.25, 0.3) is 0 Å². The molecule has 0 aromatic heterocycles. The Balaban J connectivity index is 1.67. The van der Waals surface area contributed by atoms with E-state index >= 15 is 0 Å². The molecular weight excluding hydrogens is 387 g/mol. The molecule has 1 fully saturated rings. The van der Waals surface area contributed by atoms with Crippen LogP contribution in [0.2, 0.25) is 0 Å². The number of carbonyl (C=O) groups is 1. The number of aryl methyl sites for hydroxylation is 2. The lowest BCUT2D eigenvalue weighted by molar-refractivity contribution is -0.119. The van der Waals surface area contributed by atoms with Gasteiger partial charge >= 0.3 is 0 Å². The van der Waals surface area contributed by atoms with Crippen molar-refractivity contribution in [3.8, 4) is 0 Å². The summed E-state index contributed by atoms with van der Waals surface area (Å²) in [5, 5.41) is 3.32. The van der Waals surface area contributed by atoms with E-state index in [0.717, 1.165) is 68.6 Å². The Morgan fingerprint density at radius 2 is 1.87 bits per heavy atom. The molecule has 4 rings (SSSR count). The number of nitrogens with one attached hydrogen (secondary N) is 1. The molecule has 0 saturated carbocycles. The molecule has 2 unspecified atom stereocenters. The minimum absolute atomic E-state index is 0.0475. The van der Waals surface area contributed by atoms with Gasteiger partial charge in [0.15, 0.2) is 5.78 Å². The van der Waals surface area contributed by atoms with Crippen LogP contribution in [0.3, 0.4) is 0 Å².